The van der Waals surface area contributed by atoms with Crippen molar-refractivity contribution in [2.24, 2.45) is 17.3 Å². The van der Waals surface area contributed by atoms with Gasteiger partial charge in [-0.2, -0.15) is 8.42 Å². The first-order valence-corrected chi connectivity index (χ1v) is 14.7. The van der Waals surface area contributed by atoms with Gasteiger partial charge in [-0.05, 0) is 90.5 Å². The molecule has 188 valence electrons. The number of rotatable bonds is 6. The summed E-state index contributed by atoms with van der Waals surface area (Å²) in [7, 11) is -3.41. The second-order valence-corrected chi connectivity index (χ2v) is 12.9. The van der Waals surface area contributed by atoms with Crippen LogP contribution in [0.1, 0.15) is 73.1 Å². The summed E-state index contributed by atoms with van der Waals surface area (Å²) >= 11 is 6.56. The van der Waals surface area contributed by atoms with E-state index in [1.54, 1.807) is 6.07 Å². The second kappa shape index (κ2) is 9.20. The summed E-state index contributed by atoms with van der Waals surface area (Å²) < 4.78 is 27.2. The van der Waals surface area contributed by atoms with Crippen molar-refractivity contribution in [2.75, 3.05) is 12.9 Å². The highest BCUT2D eigenvalue weighted by Crippen LogP contribution is 2.64. The Balaban J connectivity index is 1.45. The number of hydrogen-bond donors (Lipinski definition) is 1. The van der Waals surface area contributed by atoms with Crippen LogP contribution in [0.5, 0.6) is 5.75 Å². The Morgan fingerprint density at radius 1 is 1.11 bits per heavy atom. The molecule has 2 aromatic rings. The third-order valence-electron chi connectivity index (χ3n) is 8.85. The number of ketones is 1. The Kier molecular flexibility index (Phi) is 6.52. The maximum atomic E-state index is 13.1. The molecule has 35 heavy (non-hydrogen) atoms. The summed E-state index contributed by atoms with van der Waals surface area (Å²) in [5, 5.41) is 10.7. The SMILES string of the molecule is C[C@]12C[C@H](c3ccc(CCCOS(C)(=O)=O)cc3)[C@@H]3c4ccc(O)c(Cl)c4CC[C@H]3[C@@H]1CCC2=O. The number of phenolic OH excluding ortho intramolecular Hbond substituents is 1. The minimum atomic E-state index is -3.41. The van der Waals surface area contributed by atoms with E-state index in [2.05, 4.69) is 37.3 Å². The number of halogens is 1. The van der Waals surface area contributed by atoms with Crippen LogP contribution in [0, 0.1) is 17.3 Å². The standard InChI is InChI=1S/C28H33ClO5S/c1-28-16-22(18-7-5-17(6-8-18)4-3-15-34-35(2,32)33)26-19-11-13-24(30)27(29)20(19)9-10-21(26)23(28)12-14-25(28)31/h5-8,11,13,21-23,26,30H,3-4,9-10,12,14-16H2,1-2H3/t21-,22+,23-,26+,28-/m0/s1. The number of aromatic hydroxyl groups is 1. The van der Waals surface area contributed by atoms with Crippen LogP contribution in [-0.2, 0) is 31.9 Å². The topological polar surface area (TPSA) is 80.7 Å². The lowest BCUT2D eigenvalue weighted by atomic mass is 9.51. The number of hydrogen-bond acceptors (Lipinski definition) is 5. The molecule has 0 radical (unpaired) electrons. The molecule has 3 aliphatic rings. The molecule has 0 spiro atoms. The van der Waals surface area contributed by atoms with Crippen molar-refractivity contribution in [1.29, 1.82) is 0 Å². The first kappa shape index (κ1) is 24.8. The Hall–Kier alpha value is -1.89. The van der Waals surface area contributed by atoms with Crippen LogP contribution in [0.3, 0.4) is 0 Å². The molecule has 0 saturated heterocycles. The van der Waals surface area contributed by atoms with E-state index in [9.17, 15) is 18.3 Å². The van der Waals surface area contributed by atoms with Gasteiger partial charge in [0.15, 0.2) is 0 Å². The van der Waals surface area contributed by atoms with Gasteiger partial charge in [0.05, 0.1) is 17.9 Å². The number of carbonyl (C=O) groups excluding carboxylic acids is 1. The summed E-state index contributed by atoms with van der Waals surface area (Å²) in [4.78, 5) is 13.1. The van der Waals surface area contributed by atoms with Gasteiger partial charge in [0.1, 0.15) is 11.5 Å². The zero-order valence-electron chi connectivity index (χ0n) is 20.3. The molecule has 0 aromatic heterocycles. The van der Waals surface area contributed by atoms with E-state index in [-0.39, 0.29) is 29.6 Å². The lowest BCUT2D eigenvalue weighted by Crippen LogP contribution is -2.46. The van der Waals surface area contributed by atoms with Gasteiger partial charge >= 0.3 is 0 Å². The van der Waals surface area contributed by atoms with Crippen molar-refractivity contribution < 1.29 is 22.5 Å². The van der Waals surface area contributed by atoms with Crippen LogP contribution in [0.25, 0.3) is 0 Å². The first-order valence-electron chi connectivity index (χ1n) is 12.6. The van der Waals surface area contributed by atoms with Crippen LogP contribution in [-0.4, -0.2) is 32.2 Å². The molecule has 7 heteroatoms. The van der Waals surface area contributed by atoms with Gasteiger partial charge in [0.2, 0.25) is 0 Å². The molecule has 1 N–H and O–H groups in total. The molecular formula is C28H33ClO5S. The summed E-state index contributed by atoms with van der Waals surface area (Å²) in [5.74, 6) is 1.84. The minimum absolute atomic E-state index is 0.140. The number of aryl methyl sites for hydroxylation is 1. The maximum Gasteiger partial charge on any atom is 0.264 e. The number of Topliss-reactive ketones (excluding diaryl/α,β-unsaturated/α-hetero) is 1. The zero-order valence-corrected chi connectivity index (χ0v) is 21.9. The molecule has 5 nitrogen and oxygen atoms in total. The van der Waals surface area contributed by atoms with E-state index >= 15 is 0 Å². The predicted octanol–water partition coefficient (Wildman–Crippen LogP) is 5.77. The lowest BCUT2D eigenvalue weighted by Gasteiger charge is -2.52. The zero-order chi connectivity index (χ0) is 25.0. The van der Waals surface area contributed by atoms with E-state index in [0.29, 0.717) is 35.5 Å². The molecule has 0 heterocycles. The third-order valence-corrected chi connectivity index (χ3v) is 9.87. The second-order valence-electron chi connectivity index (χ2n) is 10.9. The van der Waals surface area contributed by atoms with Crippen LogP contribution < -0.4 is 0 Å². The van der Waals surface area contributed by atoms with E-state index < -0.39 is 10.1 Å². The van der Waals surface area contributed by atoms with Crippen molar-refractivity contribution in [2.45, 2.75) is 63.7 Å². The fourth-order valence-electron chi connectivity index (χ4n) is 7.25. The Bertz CT molecular complexity index is 1240. The van der Waals surface area contributed by atoms with Crippen LogP contribution >= 0.6 is 11.6 Å². The highest BCUT2D eigenvalue weighted by Gasteiger charge is 2.58. The predicted molar refractivity (Wildman–Crippen MR) is 136 cm³/mol. The Morgan fingerprint density at radius 2 is 1.86 bits per heavy atom. The average Bonchev–Trinajstić information content (AvgIpc) is 3.12. The van der Waals surface area contributed by atoms with Gasteiger partial charge in [0.25, 0.3) is 10.1 Å². The molecule has 2 fully saturated rings. The quantitative estimate of drug-likeness (QED) is 0.389. The van der Waals surface area contributed by atoms with Gasteiger partial charge in [0, 0.05) is 11.8 Å². The van der Waals surface area contributed by atoms with E-state index in [1.165, 1.54) is 11.1 Å². The molecule has 0 unspecified atom stereocenters. The molecule has 3 aliphatic carbocycles. The summed E-state index contributed by atoms with van der Waals surface area (Å²) in [6.07, 6.45) is 6.74. The molecular weight excluding hydrogens is 484 g/mol. The van der Waals surface area contributed by atoms with Gasteiger partial charge < -0.3 is 5.11 Å². The smallest absolute Gasteiger partial charge is 0.264 e. The summed E-state index contributed by atoms with van der Waals surface area (Å²) in [6.45, 7) is 2.37. The van der Waals surface area contributed by atoms with Gasteiger partial charge in [-0.25, -0.2) is 0 Å². The van der Waals surface area contributed by atoms with Crippen molar-refractivity contribution in [3.63, 3.8) is 0 Å². The molecule has 2 aromatic carbocycles. The molecule has 0 bridgehead atoms. The number of benzene rings is 2. The fourth-order valence-corrected chi connectivity index (χ4v) is 7.94. The van der Waals surface area contributed by atoms with Crippen LogP contribution in [0.4, 0.5) is 0 Å². The van der Waals surface area contributed by atoms with Crippen molar-refractivity contribution in [3.05, 3.63) is 63.7 Å². The van der Waals surface area contributed by atoms with Crippen molar-refractivity contribution in [1.82, 2.24) is 0 Å². The average molecular weight is 517 g/mol. The maximum absolute atomic E-state index is 13.1. The summed E-state index contributed by atoms with van der Waals surface area (Å²) in [6, 6.07) is 12.3. The van der Waals surface area contributed by atoms with E-state index in [1.807, 2.05) is 0 Å². The van der Waals surface area contributed by atoms with E-state index in [4.69, 9.17) is 15.8 Å². The molecule has 2 saturated carbocycles. The molecule has 0 amide bonds. The van der Waals surface area contributed by atoms with Gasteiger partial charge in [-0.1, -0.05) is 48.9 Å². The Labute approximate surface area is 213 Å². The van der Waals surface area contributed by atoms with Gasteiger partial charge in [-0.3, -0.25) is 8.98 Å². The highest BCUT2D eigenvalue weighted by molar-refractivity contribution is 7.85. The fraction of sp³-hybridized carbons (Fsp3) is 0.536. The van der Waals surface area contributed by atoms with E-state index in [0.717, 1.165) is 49.5 Å². The third kappa shape index (κ3) is 4.54. The summed E-state index contributed by atoms with van der Waals surface area (Å²) in [5.41, 5.74) is 4.38. The normalized spacial score (nSPS) is 30.0. The number of fused-ring (bicyclic) bond motifs is 5. The Morgan fingerprint density at radius 3 is 2.57 bits per heavy atom. The van der Waals surface area contributed by atoms with Gasteiger partial charge in [-0.15, -0.1) is 0 Å². The molecule has 0 aliphatic heterocycles. The number of phenols is 1. The minimum Gasteiger partial charge on any atom is -0.506 e. The lowest BCUT2D eigenvalue weighted by molar-refractivity contribution is -0.130. The van der Waals surface area contributed by atoms with Crippen LogP contribution in [0.2, 0.25) is 5.02 Å². The van der Waals surface area contributed by atoms with Crippen molar-refractivity contribution in [3.8, 4) is 5.75 Å². The molecule has 5 atom stereocenters. The highest BCUT2D eigenvalue weighted by atomic mass is 35.5. The monoisotopic (exact) mass is 516 g/mol. The number of carbonyl (C=O) groups is 1. The van der Waals surface area contributed by atoms with Crippen LogP contribution in [0.15, 0.2) is 36.4 Å². The first-order chi connectivity index (χ1) is 16.6. The van der Waals surface area contributed by atoms with Crippen molar-refractivity contribution >= 4 is 27.5 Å². The molecule has 5 rings (SSSR count). The largest absolute Gasteiger partial charge is 0.506 e.